The van der Waals surface area contributed by atoms with E-state index < -0.39 is 0 Å². The van der Waals surface area contributed by atoms with Gasteiger partial charge < -0.3 is 0 Å². The number of rotatable bonds is 1. The third-order valence-corrected chi connectivity index (χ3v) is 4.38. The zero-order valence-corrected chi connectivity index (χ0v) is 11.3. The van der Waals surface area contributed by atoms with Crippen LogP contribution in [0.4, 0.5) is 0 Å². The van der Waals surface area contributed by atoms with Crippen LogP contribution in [0.1, 0.15) is 43.5 Å². The maximum absolute atomic E-state index is 4.45. The van der Waals surface area contributed by atoms with Gasteiger partial charge in [-0.3, -0.25) is 4.68 Å². The summed E-state index contributed by atoms with van der Waals surface area (Å²) in [4.78, 5) is 0.689. The van der Waals surface area contributed by atoms with Crippen molar-refractivity contribution in [2.75, 3.05) is 0 Å². The van der Waals surface area contributed by atoms with Gasteiger partial charge in [0.05, 0.1) is 5.69 Å². The van der Waals surface area contributed by atoms with E-state index in [1.807, 2.05) is 0 Å². The van der Waals surface area contributed by atoms with Crippen molar-refractivity contribution in [1.82, 2.24) is 9.78 Å². The lowest BCUT2D eigenvalue weighted by atomic mass is 9.78. The SMILES string of the molecule is Cc1cc(C2CC(Br)CCC2C)n(C)n1. The fraction of sp³-hybridized carbons (Fsp3) is 0.750. The van der Waals surface area contributed by atoms with Crippen LogP contribution in [-0.4, -0.2) is 14.6 Å². The van der Waals surface area contributed by atoms with Crippen LogP contribution < -0.4 is 0 Å². The Morgan fingerprint density at radius 3 is 2.80 bits per heavy atom. The normalized spacial score (nSPS) is 31.9. The molecule has 1 aromatic heterocycles. The lowest BCUT2D eigenvalue weighted by molar-refractivity contribution is 0.327. The van der Waals surface area contributed by atoms with Gasteiger partial charge in [0, 0.05) is 23.5 Å². The molecule has 3 atom stereocenters. The average molecular weight is 271 g/mol. The van der Waals surface area contributed by atoms with Crippen molar-refractivity contribution in [2.45, 2.75) is 43.9 Å². The van der Waals surface area contributed by atoms with Gasteiger partial charge in [0.1, 0.15) is 0 Å². The van der Waals surface area contributed by atoms with Crippen LogP contribution in [0.3, 0.4) is 0 Å². The van der Waals surface area contributed by atoms with Gasteiger partial charge in [0.25, 0.3) is 0 Å². The first-order chi connectivity index (χ1) is 7.08. The molecule has 1 aliphatic rings. The Morgan fingerprint density at radius 2 is 2.20 bits per heavy atom. The molecule has 0 spiro atoms. The molecular weight excluding hydrogens is 252 g/mol. The second kappa shape index (κ2) is 4.28. The molecule has 2 rings (SSSR count). The Kier molecular flexibility index (Phi) is 3.19. The zero-order valence-electron chi connectivity index (χ0n) is 9.70. The van der Waals surface area contributed by atoms with Crippen LogP contribution in [0.2, 0.25) is 0 Å². The van der Waals surface area contributed by atoms with E-state index in [-0.39, 0.29) is 0 Å². The molecule has 15 heavy (non-hydrogen) atoms. The summed E-state index contributed by atoms with van der Waals surface area (Å²) in [6.45, 7) is 4.44. The maximum atomic E-state index is 4.45. The van der Waals surface area contributed by atoms with Crippen LogP contribution in [0.25, 0.3) is 0 Å². The van der Waals surface area contributed by atoms with Crippen molar-refractivity contribution in [3.63, 3.8) is 0 Å². The average Bonchev–Trinajstić information content (AvgIpc) is 2.50. The summed E-state index contributed by atoms with van der Waals surface area (Å²) in [6, 6.07) is 2.24. The molecule has 3 unspecified atom stereocenters. The van der Waals surface area contributed by atoms with Gasteiger partial charge in [-0.1, -0.05) is 22.9 Å². The highest BCUT2D eigenvalue weighted by Gasteiger charge is 2.29. The van der Waals surface area contributed by atoms with Crippen molar-refractivity contribution < 1.29 is 0 Å². The highest BCUT2D eigenvalue weighted by atomic mass is 79.9. The smallest absolute Gasteiger partial charge is 0.0596 e. The first-order valence-corrected chi connectivity index (χ1v) is 6.64. The van der Waals surface area contributed by atoms with Gasteiger partial charge in [-0.15, -0.1) is 0 Å². The number of aryl methyl sites for hydroxylation is 2. The molecule has 84 valence electrons. The van der Waals surface area contributed by atoms with Crippen molar-refractivity contribution in [3.05, 3.63) is 17.5 Å². The lowest BCUT2D eigenvalue weighted by Crippen LogP contribution is -2.23. The predicted octanol–water partition coefficient (Wildman–Crippen LogP) is 3.40. The molecule has 3 heteroatoms. The minimum absolute atomic E-state index is 0.675. The van der Waals surface area contributed by atoms with Gasteiger partial charge in [0.15, 0.2) is 0 Å². The van der Waals surface area contributed by atoms with Crippen LogP contribution >= 0.6 is 15.9 Å². The lowest BCUT2D eigenvalue weighted by Gasteiger charge is -2.31. The molecule has 0 amide bonds. The van der Waals surface area contributed by atoms with Crippen molar-refractivity contribution >= 4 is 15.9 Å². The maximum Gasteiger partial charge on any atom is 0.0596 e. The number of nitrogens with zero attached hydrogens (tertiary/aromatic N) is 2. The fourth-order valence-electron chi connectivity index (χ4n) is 2.66. The summed E-state index contributed by atoms with van der Waals surface area (Å²) < 4.78 is 2.06. The molecule has 0 N–H and O–H groups in total. The van der Waals surface area contributed by atoms with Gasteiger partial charge in [-0.05, 0) is 38.2 Å². The summed E-state index contributed by atoms with van der Waals surface area (Å²) >= 11 is 3.76. The second-order valence-corrected chi connectivity index (χ2v) is 6.12. The summed E-state index contributed by atoms with van der Waals surface area (Å²) in [5, 5.41) is 4.45. The number of hydrogen-bond acceptors (Lipinski definition) is 1. The van der Waals surface area contributed by atoms with Crippen molar-refractivity contribution in [1.29, 1.82) is 0 Å². The van der Waals surface area contributed by atoms with E-state index in [0.29, 0.717) is 10.7 Å². The summed E-state index contributed by atoms with van der Waals surface area (Å²) in [6.07, 6.45) is 3.89. The molecule has 0 saturated heterocycles. The quantitative estimate of drug-likeness (QED) is 0.716. The fourth-order valence-corrected chi connectivity index (χ4v) is 3.33. The van der Waals surface area contributed by atoms with Crippen LogP contribution in [-0.2, 0) is 7.05 Å². The van der Waals surface area contributed by atoms with E-state index >= 15 is 0 Å². The van der Waals surface area contributed by atoms with E-state index in [2.05, 4.69) is 52.7 Å². The Balaban J connectivity index is 2.24. The first kappa shape index (κ1) is 11.2. The van der Waals surface area contributed by atoms with Gasteiger partial charge in [-0.2, -0.15) is 5.10 Å². The molecule has 0 aromatic carbocycles. The molecule has 1 aromatic rings. The Hall–Kier alpha value is -0.310. The predicted molar refractivity (Wildman–Crippen MR) is 66.4 cm³/mol. The Bertz CT molecular complexity index is 345. The van der Waals surface area contributed by atoms with E-state index in [1.165, 1.54) is 25.0 Å². The van der Waals surface area contributed by atoms with E-state index in [4.69, 9.17) is 0 Å². The summed E-state index contributed by atoms with van der Waals surface area (Å²) in [5.41, 5.74) is 2.54. The number of aromatic nitrogens is 2. The number of hydrogen-bond donors (Lipinski definition) is 0. The topological polar surface area (TPSA) is 17.8 Å². The molecule has 1 heterocycles. The van der Waals surface area contributed by atoms with E-state index in [1.54, 1.807) is 0 Å². The Morgan fingerprint density at radius 1 is 1.47 bits per heavy atom. The minimum atomic E-state index is 0.675. The van der Waals surface area contributed by atoms with Crippen LogP contribution in [0, 0.1) is 12.8 Å². The standard InChI is InChI=1S/C12H19BrN2/c1-8-4-5-10(13)7-11(8)12-6-9(2)14-15(12)3/h6,8,10-11H,4-5,7H2,1-3H3. The van der Waals surface area contributed by atoms with Crippen LogP contribution in [0.15, 0.2) is 6.07 Å². The number of halogens is 1. The molecule has 0 aliphatic heterocycles. The zero-order chi connectivity index (χ0) is 11.0. The number of alkyl halides is 1. The minimum Gasteiger partial charge on any atom is -0.272 e. The largest absolute Gasteiger partial charge is 0.272 e. The van der Waals surface area contributed by atoms with Crippen LogP contribution in [0.5, 0.6) is 0 Å². The third kappa shape index (κ3) is 2.27. The second-order valence-electron chi connectivity index (χ2n) is 4.83. The summed E-state index contributed by atoms with van der Waals surface area (Å²) in [5.74, 6) is 1.46. The van der Waals surface area contributed by atoms with Gasteiger partial charge in [0.2, 0.25) is 0 Å². The highest BCUT2D eigenvalue weighted by molar-refractivity contribution is 9.09. The van der Waals surface area contributed by atoms with Gasteiger partial charge in [-0.25, -0.2) is 0 Å². The molecule has 1 aliphatic carbocycles. The monoisotopic (exact) mass is 270 g/mol. The molecule has 1 fully saturated rings. The molecular formula is C12H19BrN2. The Labute approximate surface area is 100 Å². The first-order valence-electron chi connectivity index (χ1n) is 5.72. The van der Waals surface area contributed by atoms with E-state index in [0.717, 1.165) is 11.6 Å². The molecule has 0 radical (unpaired) electrons. The summed E-state index contributed by atoms with van der Waals surface area (Å²) in [7, 11) is 2.06. The molecule has 1 saturated carbocycles. The van der Waals surface area contributed by atoms with Crippen molar-refractivity contribution in [3.8, 4) is 0 Å². The highest BCUT2D eigenvalue weighted by Crippen LogP contribution is 2.40. The van der Waals surface area contributed by atoms with Crippen molar-refractivity contribution in [2.24, 2.45) is 13.0 Å². The molecule has 0 bridgehead atoms. The third-order valence-electron chi connectivity index (χ3n) is 3.55. The molecule has 2 nitrogen and oxygen atoms in total. The van der Waals surface area contributed by atoms with Gasteiger partial charge >= 0.3 is 0 Å². The van der Waals surface area contributed by atoms with E-state index in [9.17, 15) is 0 Å².